The lowest BCUT2D eigenvalue weighted by Crippen LogP contribution is -2.05. The molecule has 0 saturated heterocycles. The molecule has 106 valence electrons. The number of methoxy groups -OCH3 is 1. The molecule has 0 radical (unpaired) electrons. The van der Waals surface area contributed by atoms with E-state index in [0.717, 1.165) is 29.0 Å². The van der Waals surface area contributed by atoms with Gasteiger partial charge in [0.1, 0.15) is 17.6 Å². The van der Waals surface area contributed by atoms with Crippen LogP contribution >= 0.6 is 0 Å². The van der Waals surface area contributed by atoms with Gasteiger partial charge in [0.05, 0.1) is 13.0 Å². The van der Waals surface area contributed by atoms with Gasteiger partial charge in [-0.25, -0.2) is 0 Å². The van der Waals surface area contributed by atoms with Gasteiger partial charge in [-0.1, -0.05) is 30.2 Å². The molecule has 0 fully saturated rings. The predicted octanol–water partition coefficient (Wildman–Crippen LogP) is 3.78. The van der Waals surface area contributed by atoms with Crippen molar-refractivity contribution >= 4 is 0 Å². The van der Waals surface area contributed by atoms with Gasteiger partial charge in [0.25, 0.3) is 0 Å². The molecule has 0 bridgehead atoms. The highest BCUT2D eigenvalue weighted by atomic mass is 16.5. The van der Waals surface area contributed by atoms with Gasteiger partial charge >= 0.3 is 0 Å². The highest BCUT2D eigenvalue weighted by Crippen LogP contribution is 2.33. The quantitative estimate of drug-likeness (QED) is 0.795. The van der Waals surface area contributed by atoms with Gasteiger partial charge in [0.2, 0.25) is 0 Å². The van der Waals surface area contributed by atoms with Crippen LogP contribution in [0.4, 0.5) is 0 Å². The van der Waals surface area contributed by atoms with Crippen LogP contribution in [0.2, 0.25) is 0 Å². The lowest BCUT2D eigenvalue weighted by Gasteiger charge is -2.13. The van der Waals surface area contributed by atoms with Crippen LogP contribution in [0.3, 0.4) is 0 Å². The summed E-state index contributed by atoms with van der Waals surface area (Å²) in [5.74, 6) is 4.67. The predicted molar refractivity (Wildman–Crippen MR) is 83.9 cm³/mol. The summed E-state index contributed by atoms with van der Waals surface area (Å²) in [4.78, 5) is 0. The Bertz CT molecular complexity index is 680. The van der Waals surface area contributed by atoms with E-state index in [0.29, 0.717) is 0 Å². The molecule has 0 saturated carbocycles. The first-order chi connectivity index (χ1) is 10.2. The molecule has 2 nitrogen and oxygen atoms in total. The zero-order chi connectivity index (χ0) is 14.8. The van der Waals surface area contributed by atoms with Crippen LogP contribution in [-0.4, -0.2) is 13.2 Å². The van der Waals surface area contributed by atoms with Gasteiger partial charge in [0.15, 0.2) is 0 Å². The van der Waals surface area contributed by atoms with Gasteiger partial charge in [-0.2, -0.15) is 0 Å². The molecule has 0 amide bonds. The first-order valence-corrected chi connectivity index (χ1v) is 7.11. The molecular formula is C19H18O2. The molecule has 2 atom stereocenters. The van der Waals surface area contributed by atoms with Crippen LogP contribution in [0.5, 0.6) is 11.5 Å². The molecule has 21 heavy (non-hydrogen) atoms. The lowest BCUT2D eigenvalue weighted by atomic mass is 9.90. The van der Waals surface area contributed by atoms with Crippen LogP contribution in [0.25, 0.3) is 0 Å². The van der Waals surface area contributed by atoms with Crippen LogP contribution < -0.4 is 9.47 Å². The van der Waals surface area contributed by atoms with Gasteiger partial charge < -0.3 is 9.47 Å². The lowest BCUT2D eigenvalue weighted by molar-refractivity contribution is 0.254. The zero-order valence-corrected chi connectivity index (χ0v) is 12.3. The Kier molecular flexibility index (Phi) is 3.58. The van der Waals surface area contributed by atoms with Crippen molar-refractivity contribution in [2.24, 2.45) is 0 Å². The third-order valence-corrected chi connectivity index (χ3v) is 3.87. The minimum Gasteiger partial charge on any atom is -0.497 e. The maximum atomic E-state index is 5.77. The molecule has 2 aromatic carbocycles. The molecule has 3 rings (SSSR count). The van der Waals surface area contributed by atoms with Crippen molar-refractivity contribution in [3.05, 3.63) is 59.2 Å². The van der Waals surface area contributed by atoms with Crippen molar-refractivity contribution in [1.29, 1.82) is 0 Å². The number of terminal acetylenes is 1. The fraction of sp³-hybridized carbons (Fsp3) is 0.263. The average Bonchev–Trinajstić information content (AvgIpc) is 2.88. The Hall–Kier alpha value is -2.40. The van der Waals surface area contributed by atoms with E-state index in [1.165, 1.54) is 5.56 Å². The van der Waals surface area contributed by atoms with Crippen molar-refractivity contribution < 1.29 is 9.47 Å². The summed E-state index contributed by atoms with van der Waals surface area (Å²) in [5, 5.41) is 0. The monoisotopic (exact) mass is 278 g/mol. The van der Waals surface area contributed by atoms with Crippen LogP contribution in [0.1, 0.15) is 29.5 Å². The summed E-state index contributed by atoms with van der Waals surface area (Å²) >= 11 is 0. The van der Waals surface area contributed by atoms with E-state index >= 15 is 0 Å². The molecule has 1 aliphatic heterocycles. The Morgan fingerprint density at radius 3 is 2.57 bits per heavy atom. The van der Waals surface area contributed by atoms with Crippen molar-refractivity contribution in [2.75, 3.05) is 7.11 Å². The van der Waals surface area contributed by atoms with E-state index in [9.17, 15) is 0 Å². The zero-order valence-electron chi connectivity index (χ0n) is 12.3. The third-order valence-electron chi connectivity index (χ3n) is 3.87. The first kappa shape index (κ1) is 13.6. The first-order valence-electron chi connectivity index (χ1n) is 7.11. The highest BCUT2D eigenvalue weighted by Gasteiger charge is 2.21. The summed E-state index contributed by atoms with van der Waals surface area (Å²) in [5.41, 5.74) is 3.48. The fourth-order valence-corrected chi connectivity index (χ4v) is 2.80. The van der Waals surface area contributed by atoms with Gasteiger partial charge in [0, 0.05) is 6.42 Å². The summed E-state index contributed by atoms with van der Waals surface area (Å²) in [6.45, 7) is 2.09. The van der Waals surface area contributed by atoms with Crippen molar-refractivity contribution in [3.63, 3.8) is 0 Å². The molecule has 0 N–H and O–H groups in total. The van der Waals surface area contributed by atoms with Crippen LogP contribution in [0, 0.1) is 12.3 Å². The molecule has 0 aliphatic carbocycles. The van der Waals surface area contributed by atoms with E-state index in [1.54, 1.807) is 7.11 Å². The minimum absolute atomic E-state index is 0.0443. The van der Waals surface area contributed by atoms with Gasteiger partial charge in [-0.3, -0.25) is 0 Å². The number of hydrogen-bond acceptors (Lipinski definition) is 2. The van der Waals surface area contributed by atoms with E-state index in [-0.39, 0.29) is 12.0 Å². The topological polar surface area (TPSA) is 18.5 Å². The Morgan fingerprint density at radius 1 is 1.19 bits per heavy atom. The molecule has 2 heteroatoms. The van der Waals surface area contributed by atoms with E-state index in [4.69, 9.17) is 15.9 Å². The maximum Gasteiger partial charge on any atom is 0.123 e. The molecule has 1 heterocycles. The molecular weight excluding hydrogens is 260 g/mol. The summed E-state index contributed by atoms with van der Waals surface area (Å²) in [6.07, 6.45) is 6.97. The molecule has 0 aromatic heterocycles. The average molecular weight is 278 g/mol. The van der Waals surface area contributed by atoms with Crippen molar-refractivity contribution in [1.82, 2.24) is 0 Å². The molecule has 1 aliphatic rings. The normalized spacial score (nSPS) is 17.5. The number of ether oxygens (including phenoxy) is 2. The highest BCUT2D eigenvalue weighted by molar-refractivity contribution is 5.47. The number of benzene rings is 2. The molecule has 0 spiro atoms. The number of fused-ring (bicyclic) bond motifs is 1. The van der Waals surface area contributed by atoms with E-state index in [2.05, 4.69) is 25.0 Å². The minimum atomic E-state index is -0.0443. The Morgan fingerprint density at radius 2 is 1.90 bits per heavy atom. The smallest absolute Gasteiger partial charge is 0.123 e. The number of rotatable bonds is 3. The second-order valence-electron chi connectivity index (χ2n) is 5.37. The summed E-state index contributed by atoms with van der Waals surface area (Å²) in [6, 6.07) is 14.2. The van der Waals surface area contributed by atoms with Crippen molar-refractivity contribution in [2.45, 2.75) is 25.4 Å². The number of hydrogen-bond donors (Lipinski definition) is 0. The Labute approximate surface area is 125 Å². The second kappa shape index (κ2) is 5.54. The standard InChI is InChI=1S/C19H18O2/c1-4-18(14-5-8-17(20-3)9-6-14)15-7-10-19-16(12-15)11-13(2)21-19/h1,5-10,12-13,18H,11H2,2-3H3. The maximum absolute atomic E-state index is 5.77. The Balaban J connectivity index is 1.93. The molecule has 2 aromatic rings. The SMILES string of the molecule is C#CC(c1ccc(OC)cc1)c1ccc2c(c1)CC(C)O2. The van der Waals surface area contributed by atoms with E-state index < -0.39 is 0 Å². The second-order valence-corrected chi connectivity index (χ2v) is 5.37. The third kappa shape index (κ3) is 2.60. The van der Waals surface area contributed by atoms with Crippen molar-refractivity contribution in [3.8, 4) is 23.8 Å². The van der Waals surface area contributed by atoms with Gasteiger partial charge in [-0.05, 0) is 41.8 Å². The summed E-state index contributed by atoms with van der Waals surface area (Å²) in [7, 11) is 1.66. The van der Waals surface area contributed by atoms with Crippen LogP contribution in [-0.2, 0) is 6.42 Å². The molecule has 2 unspecified atom stereocenters. The fourth-order valence-electron chi connectivity index (χ4n) is 2.80. The summed E-state index contributed by atoms with van der Waals surface area (Å²) < 4.78 is 10.9. The van der Waals surface area contributed by atoms with E-state index in [1.807, 2.05) is 30.3 Å². The largest absolute Gasteiger partial charge is 0.497 e. The van der Waals surface area contributed by atoms with Crippen LogP contribution in [0.15, 0.2) is 42.5 Å². The van der Waals surface area contributed by atoms with Gasteiger partial charge in [-0.15, -0.1) is 6.42 Å².